The van der Waals surface area contributed by atoms with Crippen molar-refractivity contribution in [2.45, 2.75) is 45.8 Å². The highest BCUT2D eigenvalue weighted by Crippen LogP contribution is 2.24. The average Bonchev–Trinajstić information content (AvgIpc) is 2.44. The van der Waals surface area contributed by atoms with Gasteiger partial charge in [0.1, 0.15) is 0 Å². The minimum atomic E-state index is -0.883. The Morgan fingerprint density at radius 2 is 2.00 bits per heavy atom. The van der Waals surface area contributed by atoms with Crippen molar-refractivity contribution in [3.05, 3.63) is 34.9 Å². The lowest BCUT2D eigenvalue weighted by molar-refractivity contribution is -0.126. The van der Waals surface area contributed by atoms with Crippen LogP contribution in [0.15, 0.2) is 18.2 Å². The molecule has 0 radical (unpaired) electrons. The van der Waals surface area contributed by atoms with Crippen molar-refractivity contribution in [2.75, 3.05) is 6.54 Å². The normalized spacial score (nSPS) is 16.4. The minimum absolute atomic E-state index is 0.0165. The summed E-state index contributed by atoms with van der Waals surface area (Å²) in [6.45, 7) is 7.08. The van der Waals surface area contributed by atoms with E-state index >= 15 is 0 Å². The van der Waals surface area contributed by atoms with Crippen molar-refractivity contribution in [1.82, 2.24) is 10.2 Å². The molecular weight excluding hydrogens is 268 g/mol. The lowest BCUT2D eigenvalue weighted by atomic mass is 9.93. The van der Waals surface area contributed by atoms with Gasteiger partial charge in [0.2, 0.25) is 5.91 Å². The Hall–Kier alpha value is -1.88. The lowest BCUT2D eigenvalue weighted by Gasteiger charge is -2.33. The number of hydrogen-bond donors (Lipinski definition) is 2. The van der Waals surface area contributed by atoms with Gasteiger partial charge in [-0.3, -0.25) is 9.69 Å². The molecule has 2 rings (SSSR count). The lowest BCUT2D eigenvalue weighted by Crippen LogP contribution is -2.48. The summed E-state index contributed by atoms with van der Waals surface area (Å²) in [5.74, 6) is -0.867. The number of nitrogens with zero attached hydrogens (tertiary/aromatic N) is 1. The van der Waals surface area contributed by atoms with E-state index in [0.29, 0.717) is 25.1 Å². The number of aromatic carboxylic acids is 1. The van der Waals surface area contributed by atoms with E-state index in [4.69, 9.17) is 0 Å². The highest BCUT2D eigenvalue weighted by Gasteiger charge is 2.27. The molecule has 0 saturated heterocycles. The number of carbonyl (C=O) groups is 2. The summed E-state index contributed by atoms with van der Waals surface area (Å²) in [7, 11) is 0. The third-order valence-electron chi connectivity index (χ3n) is 3.88. The molecule has 1 unspecified atom stereocenters. The number of carboxylic acids is 1. The summed E-state index contributed by atoms with van der Waals surface area (Å²) in [5, 5.41) is 12.1. The number of amides is 1. The summed E-state index contributed by atoms with van der Waals surface area (Å²) >= 11 is 0. The standard InChI is InChI=1S/C16H22N2O3/c1-10(2)17-15(19)11(3)18-8-7-13-12(9-18)5-4-6-14(13)16(20)21/h4-6,10-11H,7-9H2,1-3H3,(H,17,19)(H,20,21). The molecule has 0 fully saturated rings. The maximum absolute atomic E-state index is 12.1. The number of nitrogens with one attached hydrogen (secondary N) is 1. The summed E-state index contributed by atoms with van der Waals surface area (Å²) in [4.78, 5) is 25.4. The van der Waals surface area contributed by atoms with Gasteiger partial charge in [-0.15, -0.1) is 0 Å². The predicted molar refractivity (Wildman–Crippen MR) is 80.3 cm³/mol. The molecule has 0 saturated carbocycles. The quantitative estimate of drug-likeness (QED) is 0.885. The van der Waals surface area contributed by atoms with Crippen molar-refractivity contribution >= 4 is 11.9 Å². The van der Waals surface area contributed by atoms with Crippen LogP contribution in [0.2, 0.25) is 0 Å². The molecule has 0 aliphatic carbocycles. The summed E-state index contributed by atoms with van der Waals surface area (Å²) in [6.07, 6.45) is 0.664. The van der Waals surface area contributed by atoms with Gasteiger partial charge in [0.05, 0.1) is 11.6 Å². The average molecular weight is 290 g/mol. The van der Waals surface area contributed by atoms with Gasteiger partial charge in [0.25, 0.3) is 0 Å². The van der Waals surface area contributed by atoms with Crippen LogP contribution in [0.25, 0.3) is 0 Å². The zero-order chi connectivity index (χ0) is 15.6. The largest absolute Gasteiger partial charge is 0.478 e. The number of carboxylic acid groups (broad SMARTS) is 1. The van der Waals surface area contributed by atoms with Crippen LogP contribution in [-0.2, 0) is 17.8 Å². The van der Waals surface area contributed by atoms with Gasteiger partial charge in [-0.2, -0.15) is 0 Å². The molecular formula is C16H22N2O3. The zero-order valence-electron chi connectivity index (χ0n) is 12.7. The highest BCUT2D eigenvalue weighted by atomic mass is 16.4. The van der Waals surface area contributed by atoms with Crippen LogP contribution in [0.1, 0.15) is 42.3 Å². The van der Waals surface area contributed by atoms with Crippen LogP contribution in [-0.4, -0.2) is 40.5 Å². The first-order valence-electron chi connectivity index (χ1n) is 7.28. The van der Waals surface area contributed by atoms with Crippen LogP contribution in [0.5, 0.6) is 0 Å². The van der Waals surface area contributed by atoms with E-state index in [-0.39, 0.29) is 18.0 Å². The Labute approximate surface area is 125 Å². The number of carbonyl (C=O) groups excluding carboxylic acids is 1. The first kappa shape index (κ1) is 15.5. The van der Waals surface area contributed by atoms with Gasteiger partial charge in [0.15, 0.2) is 0 Å². The Balaban J connectivity index is 2.15. The van der Waals surface area contributed by atoms with Crippen molar-refractivity contribution in [1.29, 1.82) is 0 Å². The summed E-state index contributed by atoms with van der Waals surface area (Å²) < 4.78 is 0. The zero-order valence-corrected chi connectivity index (χ0v) is 12.7. The molecule has 1 aliphatic heterocycles. The first-order valence-corrected chi connectivity index (χ1v) is 7.28. The van der Waals surface area contributed by atoms with E-state index in [2.05, 4.69) is 10.2 Å². The summed E-state index contributed by atoms with van der Waals surface area (Å²) in [6, 6.07) is 5.27. The minimum Gasteiger partial charge on any atom is -0.478 e. The van der Waals surface area contributed by atoms with Gasteiger partial charge < -0.3 is 10.4 Å². The first-order chi connectivity index (χ1) is 9.90. The number of fused-ring (bicyclic) bond motifs is 1. The second-order valence-corrected chi connectivity index (χ2v) is 5.81. The molecule has 5 nitrogen and oxygen atoms in total. The second kappa shape index (κ2) is 6.26. The fraction of sp³-hybridized carbons (Fsp3) is 0.500. The number of rotatable bonds is 4. The monoisotopic (exact) mass is 290 g/mol. The SMILES string of the molecule is CC(C)NC(=O)C(C)N1CCc2c(cccc2C(=O)O)C1. The topological polar surface area (TPSA) is 69.6 Å². The van der Waals surface area contributed by atoms with Gasteiger partial charge in [-0.1, -0.05) is 12.1 Å². The number of hydrogen-bond acceptors (Lipinski definition) is 3. The molecule has 5 heteroatoms. The fourth-order valence-corrected chi connectivity index (χ4v) is 2.73. The Morgan fingerprint density at radius 1 is 1.29 bits per heavy atom. The van der Waals surface area contributed by atoms with E-state index in [0.717, 1.165) is 11.1 Å². The van der Waals surface area contributed by atoms with Gasteiger partial charge >= 0.3 is 5.97 Å². The van der Waals surface area contributed by atoms with Crippen LogP contribution in [0.3, 0.4) is 0 Å². The van der Waals surface area contributed by atoms with Crippen molar-refractivity contribution in [3.63, 3.8) is 0 Å². The molecule has 0 spiro atoms. The predicted octanol–water partition coefficient (Wildman–Crippen LogP) is 1.66. The molecule has 1 atom stereocenters. The van der Waals surface area contributed by atoms with Crippen molar-refractivity contribution in [2.24, 2.45) is 0 Å². The van der Waals surface area contributed by atoms with Crippen LogP contribution >= 0.6 is 0 Å². The summed E-state index contributed by atoms with van der Waals surface area (Å²) in [5.41, 5.74) is 2.29. The Bertz CT molecular complexity index is 554. The molecule has 0 aromatic heterocycles. The van der Waals surface area contributed by atoms with E-state index < -0.39 is 5.97 Å². The molecule has 0 bridgehead atoms. The van der Waals surface area contributed by atoms with Crippen molar-refractivity contribution in [3.8, 4) is 0 Å². The van der Waals surface area contributed by atoms with Gasteiger partial charge in [-0.25, -0.2) is 4.79 Å². The van der Waals surface area contributed by atoms with Gasteiger partial charge in [0, 0.05) is 19.1 Å². The van der Waals surface area contributed by atoms with E-state index in [9.17, 15) is 14.7 Å². The van der Waals surface area contributed by atoms with E-state index in [1.807, 2.05) is 26.8 Å². The second-order valence-electron chi connectivity index (χ2n) is 5.81. The number of benzene rings is 1. The molecule has 1 aromatic rings. The van der Waals surface area contributed by atoms with Crippen LogP contribution < -0.4 is 5.32 Å². The third-order valence-corrected chi connectivity index (χ3v) is 3.88. The Kier molecular flexibility index (Phi) is 4.63. The molecule has 1 amide bonds. The van der Waals surface area contributed by atoms with E-state index in [1.165, 1.54) is 0 Å². The molecule has 1 heterocycles. The van der Waals surface area contributed by atoms with Gasteiger partial charge in [-0.05, 0) is 44.4 Å². The maximum Gasteiger partial charge on any atom is 0.335 e. The molecule has 1 aliphatic rings. The Morgan fingerprint density at radius 3 is 2.62 bits per heavy atom. The van der Waals surface area contributed by atoms with E-state index in [1.54, 1.807) is 12.1 Å². The molecule has 1 aromatic carbocycles. The molecule has 2 N–H and O–H groups in total. The van der Waals surface area contributed by atoms with Crippen molar-refractivity contribution < 1.29 is 14.7 Å². The smallest absolute Gasteiger partial charge is 0.335 e. The third kappa shape index (κ3) is 3.42. The molecule has 114 valence electrons. The highest BCUT2D eigenvalue weighted by molar-refractivity contribution is 5.90. The maximum atomic E-state index is 12.1. The van der Waals surface area contributed by atoms with Crippen LogP contribution in [0.4, 0.5) is 0 Å². The fourth-order valence-electron chi connectivity index (χ4n) is 2.73. The van der Waals surface area contributed by atoms with Crippen LogP contribution in [0, 0.1) is 0 Å². The molecule has 21 heavy (non-hydrogen) atoms.